The Morgan fingerprint density at radius 3 is 2.52 bits per heavy atom. The summed E-state index contributed by atoms with van der Waals surface area (Å²) in [6, 6.07) is 1.65. The summed E-state index contributed by atoms with van der Waals surface area (Å²) in [6.45, 7) is -0.422. The molecule has 0 saturated carbocycles. The molecule has 0 N–H and O–H groups in total. The Labute approximate surface area is 127 Å². The van der Waals surface area contributed by atoms with E-state index in [2.05, 4.69) is 0 Å². The first kappa shape index (κ1) is 15.9. The third-order valence-electron chi connectivity index (χ3n) is 3.00. The standard InChI is InChI=1S/C10H7Cl2FN2O5S/c11-9-6(13)1-2-7(15(17)18)10(9)14-4-5(3-8(14)16)21(12,19)20/h1-2,5H,3-4H2. The van der Waals surface area contributed by atoms with Crippen molar-refractivity contribution in [3.63, 3.8) is 0 Å². The van der Waals surface area contributed by atoms with Gasteiger partial charge in [-0.05, 0) is 6.07 Å². The molecule has 1 aromatic carbocycles. The van der Waals surface area contributed by atoms with Crippen LogP contribution in [0.3, 0.4) is 0 Å². The zero-order valence-electron chi connectivity index (χ0n) is 10.1. The Kier molecular flexibility index (Phi) is 4.09. The van der Waals surface area contributed by atoms with Crippen molar-refractivity contribution < 1.29 is 22.5 Å². The minimum atomic E-state index is -4.03. The maximum Gasteiger partial charge on any atom is 0.294 e. The number of nitro benzene ring substituents is 1. The van der Waals surface area contributed by atoms with Crippen LogP contribution in [0.5, 0.6) is 0 Å². The van der Waals surface area contributed by atoms with E-state index >= 15 is 0 Å². The van der Waals surface area contributed by atoms with Crippen molar-refractivity contribution in [2.24, 2.45) is 0 Å². The molecule has 1 heterocycles. The van der Waals surface area contributed by atoms with Crippen molar-refractivity contribution in [1.82, 2.24) is 0 Å². The minimum absolute atomic E-state index is 0.422. The zero-order valence-corrected chi connectivity index (χ0v) is 12.5. The van der Waals surface area contributed by atoms with Gasteiger partial charge in [0.1, 0.15) is 21.8 Å². The summed E-state index contributed by atoms with van der Waals surface area (Å²) < 4.78 is 36.0. The van der Waals surface area contributed by atoms with Crippen molar-refractivity contribution in [3.8, 4) is 0 Å². The topological polar surface area (TPSA) is 97.6 Å². The summed E-state index contributed by atoms with van der Waals surface area (Å²) in [7, 11) is 1.15. The highest BCUT2D eigenvalue weighted by Crippen LogP contribution is 2.40. The van der Waals surface area contributed by atoms with Crippen LogP contribution in [0.15, 0.2) is 12.1 Å². The van der Waals surface area contributed by atoms with Gasteiger partial charge in [0.2, 0.25) is 15.0 Å². The minimum Gasteiger partial charge on any atom is -0.304 e. The molecule has 7 nitrogen and oxygen atoms in total. The van der Waals surface area contributed by atoms with Crippen molar-refractivity contribution >= 4 is 48.6 Å². The highest BCUT2D eigenvalue weighted by molar-refractivity contribution is 8.14. The molecule has 1 unspecified atom stereocenters. The van der Waals surface area contributed by atoms with Gasteiger partial charge >= 0.3 is 0 Å². The van der Waals surface area contributed by atoms with E-state index in [1.807, 2.05) is 0 Å². The van der Waals surface area contributed by atoms with Gasteiger partial charge in [0, 0.05) is 29.7 Å². The predicted molar refractivity (Wildman–Crippen MR) is 73.6 cm³/mol. The average Bonchev–Trinajstić information content (AvgIpc) is 2.74. The molecule has 1 aromatic rings. The number of benzene rings is 1. The zero-order chi connectivity index (χ0) is 15.9. The number of hydrogen-bond acceptors (Lipinski definition) is 5. The summed E-state index contributed by atoms with van der Waals surface area (Å²) in [4.78, 5) is 22.8. The Balaban J connectivity index is 2.55. The fourth-order valence-electron chi connectivity index (χ4n) is 2.01. The molecule has 1 aliphatic rings. The van der Waals surface area contributed by atoms with Crippen LogP contribution < -0.4 is 4.90 Å². The Morgan fingerprint density at radius 1 is 1.43 bits per heavy atom. The summed E-state index contributed by atoms with van der Waals surface area (Å²) >= 11 is 5.69. The molecule has 1 fully saturated rings. The van der Waals surface area contributed by atoms with Crippen LogP contribution in [0.1, 0.15) is 6.42 Å². The molecule has 0 spiro atoms. The normalized spacial score (nSPS) is 19.1. The van der Waals surface area contributed by atoms with Gasteiger partial charge in [0.05, 0.1) is 4.92 Å². The molecule has 0 radical (unpaired) electrons. The van der Waals surface area contributed by atoms with Gasteiger partial charge in [-0.1, -0.05) is 11.6 Å². The number of amides is 1. The van der Waals surface area contributed by atoms with Crippen LogP contribution in [0, 0.1) is 15.9 Å². The fraction of sp³-hybridized carbons (Fsp3) is 0.300. The summed E-state index contributed by atoms with van der Waals surface area (Å²) in [5, 5.41) is 9.12. The molecular weight excluding hydrogens is 350 g/mol. The number of carbonyl (C=O) groups excluding carboxylic acids is 1. The lowest BCUT2D eigenvalue weighted by molar-refractivity contribution is -0.384. The van der Waals surface area contributed by atoms with Crippen LogP contribution in [-0.2, 0) is 13.8 Å². The lowest BCUT2D eigenvalue weighted by atomic mass is 10.2. The monoisotopic (exact) mass is 356 g/mol. The van der Waals surface area contributed by atoms with E-state index in [0.29, 0.717) is 0 Å². The first-order valence-electron chi connectivity index (χ1n) is 5.49. The Bertz CT molecular complexity index is 739. The van der Waals surface area contributed by atoms with E-state index in [0.717, 1.165) is 17.0 Å². The number of nitrogens with zero attached hydrogens (tertiary/aromatic N) is 2. The van der Waals surface area contributed by atoms with Crippen LogP contribution in [0.2, 0.25) is 5.02 Å². The van der Waals surface area contributed by atoms with Gasteiger partial charge in [-0.15, -0.1) is 0 Å². The molecule has 1 aliphatic heterocycles. The first-order valence-corrected chi connectivity index (χ1v) is 8.24. The number of rotatable bonds is 3. The smallest absolute Gasteiger partial charge is 0.294 e. The molecule has 0 bridgehead atoms. The number of halogens is 3. The predicted octanol–water partition coefficient (Wildman–Crippen LogP) is 2.06. The van der Waals surface area contributed by atoms with Crippen LogP contribution in [-0.4, -0.2) is 31.0 Å². The van der Waals surface area contributed by atoms with Crippen molar-refractivity contribution in [3.05, 3.63) is 33.1 Å². The van der Waals surface area contributed by atoms with Gasteiger partial charge in [-0.3, -0.25) is 14.9 Å². The number of nitro groups is 1. The first-order chi connectivity index (χ1) is 9.62. The van der Waals surface area contributed by atoms with Gasteiger partial charge in [-0.2, -0.15) is 0 Å². The van der Waals surface area contributed by atoms with Crippen LogP contribution in [0.4, 0.5) is 15.8 Å². The average molecular weight is 357 g/mol. The molecule has 1 amide bonds. The summed E-state index contributed by atoms with van der Waals surface area (Å²) in [6.07, 6.45) is -0.449. The van der Waals surface area contributed by atoms with Gasteiger partial charge in [0.15, 0.2) is 0 Å². The van der Waals surface area contributed by atoms with Crippen LogP contribution in [0.25, 0.3) is 0 Å². The van der Waals surface area contributed by atoms with E-state index in [1.165, 1.54) is 0 Å². The number of anilines is 1. The van der Waals surface area contributed by atoms with E-state index in [-0.39, 0.29) is 0 Å². The van der Waals surface area contributed by atoms with Crippen molar-refractivity contribution in [2.45, 2.75) is 11.7 Å². The van der Waals surface area contributed by atoms with Gasteiger partial charge < -0.3 is 4.90 Å². The van der Waals surface area contributed by atoms with E-state index in [9.17, 15) is 27.7 Å². The number of hydrogen-bond donors (Lipinski definition) is 0. The Hall–Kier alpha value is -1.45. The quantitative estimate of drug-likeness (QED) is 0.469. The third kappa shape index (κ3) is 2.94. The number of carbonyl (C=O) groups is 1. The largest absolute Gasteiger partial charge is 0.304 e. The van der Waals surface area contributed by atoms with E-state index in [1.54, 1.807) is 0 Å². The second-order valence-corrected chi connectivity index (χ2v) is 7.58. The molecule has 2 rings (SSSR count). The second kappa shape index (κ2) is 5.39. The molecule has 11 heteroatoms. The molecule has 114 valence electrons. The molecule has 1 atom stereocenters. The summed E-state index contributed by atoms with van der Waals surface area (Å²) in [5.41, 5.74) is -1.06. The third-order valence-corrected chi connectivity index (χ3v) is 5.23. The second-order valence-electron chi connectivity index (χ2n) is 4.29. The highest BCUT2D eigenvalue weighted by atomic mass is 35.7. The maximum absolute atomic E-state index is 13.5. The van der Waals surface area contributed by atoms with Crippen LogP contribution >= 0.6 is 22.3 Å². The lowest BCUT2D eigenvalue weighted by Crippen LogP contribution is -2.28. The van der Waals surface area contributed by atoms with E-state index < -0.39 is 60.3 Å². The summed E-state index contributed by atoms with van der Waals surface area (Å²) in [5.74, 6) is -1.69. The van der Waals surface area contributed by atoms with E-state index in [4.69, 9.17) is 22.3 Å². The molecule has 0 aliphatic carbocycles. The fourth-order valence-corrected chi connectivity index (χ4v) is 3.30. The lowest BCUT2D eigenvalue weighted by Gasteiger charge is -2.17. The highest BCUT2D eigenvalue weighted by Gasteiger charge is 2.41. The molecule has 0 aromatic heterocycles. The molecule has 21 heavy (non-hydrogen) atoms. The van der Waals surface area contributed by atoms with Gasteiger partial charge in [0.25, 0.3) is 5.69 Å². The molecular formula is C10H7Cl2FN2O5S. The Morgan fingerprint density at radius 2 is 2.05 bits per heavy atom. The van der Waals surface area contributed by atoms with Gasteiger partial charge in [-0.25, -0.2) is 12.8 Å². The maximum atomic E-state index is 13.5. The molecule has 1 saturated heterocycles. The SMILES string of the molecule is O=C1CC(S(=O)(=O)Cl)CN1c1c([N+](=O)[O-])ccc(F)c1Cl. The van der Waals surface area contributed by atoms with Crippen molar-refractivity contribution in [2.75, 3.05) is 11.4 Å². The van der Waals surface area contributed by atoms with Crippen molar-refractivity contribution in [1.29, 1.82) is 0 Å².